The van der Waals surface area contributed by atoms with E-state index in [2.05, 4.69) is 46.6 Å². The maximum atomic E-state index is 14.6. The van der Waals surface area contributed by atoms with Crippen LogP contribution in [0.15, 0.2) is 24.4 Å². The molecule has 0 radical (unpaired) electrons. The third-order valence-corrected chi connectivity index (χ3v) is 11.5. The van der Waals surface area contributed by atoms with Crippen molar-refractivity contribution in [1.29, 1.82) is 0 Å². The Labute approximate surface area is 253 Å². The number of hydrogen-bond acceptors (Lipinski definition) is 6. The summed E-state index contributed by atoms with van der Waals surface area (Å²) in [6, 6.07) is 5.05. The molecule has 4 saturated heterocycles. The highest BCUT2D eigenvalue weighted by molar-refractivity contribution is 5.98. The average Bonchev–Trinajstić information content (AvgIpc) is 3.68. The van der Waals surface area contributed by atoms with Gasteiger partial charge in [0.05, 0.1) is 5.92 Å². The van der Waals surface area contributed by atoms with E-state index in [4.69, 9.17) is 4.74 Å². The Hall–Kier alpha value is -2.95. The van der Waals surface area contributed by atoms with Crippen molar-refractivity contribution < 1.29 is 24.2 Å². The first-order valence-electron chi connectivity index (χ1n) is 16.0. The number of carbonyl (C=O) groups excluding carboxylic acids is 3. The van der Waals surface area contributed by atoms with Gasteiger partial charge in [0.1, 0.15) is 12.1 Å². The van der Waals surface area contributed by atoms with Gasteiger partial charge in [-0.15, -0.1) is 0 Å². The van der Waals surface area contributed by atoms with Crippen LogP contribution in [0.3, 0.4) is 0 Å². The van der Waals surface area contributed by atoms with Crippen molar-refractivity contribution in [2.75, 3.05) is 20.1 Å². The summed E-state index contributed by atoms with van der Waals surface area (Å²) in [5, 5.41) is 16.6. The van der Waals surface area contributed by atoms with E-state index in [1.54, 1.807) is 4.90 Å². The summed E-state index contributed by atoms with van der Waals surface area (Å²) in [7, 11) is 2.07. The summed E-state index contributed by atoms with van der Waals surface area (Å²) in [5.74, 6) is -3.67. The molecule has 1 aromatic carbocycles. The highest BCUT2D eigenvalue weighted by Gasteiger charge is 2.73. The largest absolute Gasteiger partial charge is 0.361 e. The molecule has 1 aromatic heterocycles. The Morgan fingerprint density at radius 1 is 1.28 bits per heavy atom. The Kier molecular flexibility index (Phi) is 6.38. The van der Waals surface area contributed by atoms with Crippen LogP contribution in [-0.4, -0.2) is 92.4 Å². The van der Waals surface area contributed by atoms with Gasteiger partial charge >= 0.3 is 0 Å². The van der Waals surface area contributed by atoms with Crippen LogP contribution in [0.5, 0.6) is 0 Å². The van der Waals surface area contributed by atoms with E-state index in [0.29, 0.717) is 32.4 Å². The second-order valence-electron chi connectivity index (χ2n) is 14.6. The monoisotopic (exact) mass is 591 g/mol. The Morgan fingerprint density at radius 2 is 2.05 bits per heavy atom. The number of likely N-dealkylation sites (tertiary alicyclic amines) is 1. The molecule has 0 spiro atoms. The minimum atomic E-state index is -2.02. The lowest BCUT2D eigenvalue weighted by Crippen LogP contribution is -2.73. The minimum Gasteiger partial charge on any atom is -0.361 e. The summed E-state index contributed by atoms with van der Waals surface area (Å²) < 4.78 is 6.51. The number of fused-ring (bicyclic) bond motifs is 5. The maximum absolute atomic E-state index is 14.6. The normalized spacial score (nSPS) is 35.9. The smallest absolute Gasteiger partial charge is 0.281 e. The molecule has 3 amide bonds. The second-order valence-corrected chi connectivity index (χ2v) is 14.6. The summed E-state index contributed by atoms with van der Waals surface area (Å²) >= 11 is 0. The first-order chi connectivity index (χ1) is 20.3. The van der Waals surface area contributed by atoms with Crippen LogP contribution < -0.4 is 5.32 Å². The number of carbonyl (C=O) groups is 3. The Balaban J connectivity index is 1.22. The van der Waals surface area contributed by atoms with Crippen molar-refractivity contribution in [3.8, 4) is 0 Å². The number of nitrogens with one attached hydrogen (secondary N) is 2. The van der Waals surface area contributed by atoms with Crippen LogP contribution in [-0.2, 0) is 25.5 Å². The number of piperazine rings is 1. The molecule has 4 fully saturated rings. The summed E-state index contributed by atoms with van der Waals surface area (Å²) in [5.41, 5.74) is 1.29. The van der Waals surface area contributed by atoms with Crippen molar-refractivity contribution in [3.63, 3.8) is 0 Å². The average molecular weight is 592 g/mol. The van der Waals surface area contributed by atoms with E-state index in [-0.39, 0.29) is 29.7 Å². The molecule has 7 rings (SSSR count). The van der Waals surface area contributed by atoms with Crippen LogP contribution in [0, 0.1) is 17.3 Å². The van der Waals surface area contributed by atoms with Crippen LogP contribution in [0.2, 0.25) is 0 Å². The van der Waals surface area contributed by atoms with Crippen molar-refractivity contribution in [2.45, 2.75) is 102 Å². The van der Waals surface area contributed by atoms with Gasteiger partial charge in [0, 0.05) is 48.1 Å². The van der Waals surface area contributed by atoms with E-state index < -0.39 is 41.0 Å². The topological polar surface area (TPSA) is 118 Å². The molecule has 5 aliphatic rings. The highest BCUT2D eigenvalue weighted by atomic mass is 16.7. The first-order valence-corrected chi connectivity index (χ1v) is 16.0. The van der Waals surface area contributed by atoms with Crippen molar-refractivity contribution in [3.05, 3.63) is 35.5 Å². The number of benzene rings is 1. The predicted molar refractivity (Wildman–Crippen MR) is 160 cm³/mol. The standard InChI is InChI=1S/C33H45N5O5/c1-7-31(4,5)27-29(40)37-13-9-12-25(37)33(42)38(27)30(41)32(43-33,18(2)3)35-28(39)20-14-22-21-10-8-11-23-26(21)19(16-34-23)15-24(22)36(6)17-20/h8,10-11,16,18,20,22,24-25,27,34,42H,7,9,12-15,17H2,1-6H3,(H,35,39)/t20-,22+,24-,25+,27-,32-,33-/m1/s1. The zero-order valence-electron chi connectivity index (χ0n) is 26.1. The zero-order chi connectivity index (χ0) is 30.6. The van der Waals surface area contributed by atoms with E-state index in [1.807, 2.05) is 34.6 Å². The van der Waals surface area contributed by atoms with Gasteiger partial charge in [-0.1, -0.05) is 46.8 Å². The van der Waals surface area contributed by atoms with Crippen LogP contribution >= 0.6 is 0 Å². The lowest BCUT2D eigenvalue weighted by atomic mass is 9.72. The molecule has 2 aromatic rings. The number of aromatic amines is 1. The lowest BCUT2D eigenvalue weighted by molar-refractivity contribution is -0.326. The number of aliphatic hydroxyl groups is 1. The zero-order valence-corrected chi connectivity index (χ0v) is 26.1. The van der Waals surface area contributed by atoms with Crippen LogP contribution in [0.4, 0.5) is 0 Å². The van der Waals surface area contributed by atoms with Gasteiger partial charge in [-0.3, -0.25) is 24.0 Å². The van der Waals surface area contributed by atoms with Crippen LogP contribution in [0.1, 0.15) is 77.3 Å². The molecule has 0 saturated carbocycles. The molecule has 1 aliphatic carbocycles. The van der Waals surface area contributed by atoms with Gasteiger partial charge in [-0.2, -0.15) is 0 Å². The quantitative estimate of drug-likeness (QED) is 0.492. The lowest BCUT2D eigenvalue weighted by Gasteiger charge is -2.52. The Bertz CT molecular complexity index is 1500. The number of ether oxygens (including phenoxy) is 1. The fourth-order valence-electron chi connectivity index (χ4n) is 8.76. The Morgan fingerprint density at radius 3 is 2.77 bits per heavy atom. The first kappa shape index (κ1) is 28.8. The number of hydrogen-bond donors (Lipinski definition) is 3. The third kappa shape index (κ3) is 3.85. The minimum absolute atomic E-state index is 0.155. The molecule has 0 unspecified atom stereocenters. The van der Waals surface area contributed by atoms with Gasteiger partial charge in [0.15, 0.2) is 0 Å². The number of rotatable bonds is 5. The van der Waals surface area contributed by atoms with Crippen molar-refractivity contribution >= 4 is 28.6 Å². The van der Waals surface area contributed by atoms with E-state index in [0.717, 1.165) is 18.4 Å². The van der Waals surface area contributed by atoms with E-state index in [9.17, 15) is 19.5 Å². The van der Waals surface area contributed by atoms with Gasteiger partial charge in [-0.05, 0) is 61.8 Å². The summed E-state index contributed by atoms with van der Waals surface area (Å²) in [4.78, 5) is 51.4. The molecule has 10 heteroatoms. The number of nitrogens with zero attached hydrogens (tertiary/aromatic N) is 3. The van der Waals surface area contributed by atoms with Gasteiger partial charge in [-0.25, -0.2) is 0 Å². The highest BCUT2D eigenvalue weighted by Crippen LogP contribution is 2.51. The van der Waals surface area contributed by atoms with E-state index >= 15 is 0 Å². The van der Waals surface area contributed by atoms with Crippen LogP contribution in [0.25, 0.3) is 10.9 Å². The molecule has 232 valence electrons. The van der Waals surface area contributed by atoms with Crippen molar-refractivity contribution in [2.24, 2.45) is 17.3 Å². The SMILES string of the molecule is CCC(C)(C)[C@H]1C(=O)N2CCC[C@H]2[C@@]2(O)O[C@](NC(=O)[C@@H]3C[C@H]4c5cccc6[nH]cc(c56)C[C@H]4N(C)C3)(C(C)C)C(=O)N12. The molecular formula is C33H45N5O5. The fourth-order valence-corrected chi connectivity index (χ4v) is 8.76. The maximum Gasteiger partial charge on any atom is 0.281 e. The molecule has 0 bridgehead atoms. The molecular weight excluding hydrogens is 546 g/mol. The number of amides is 3. The molecule has 4 aliphatic heterocycles. The molecule has 7 atom stereocenters. The number of piperidine rings is 1. The second kappa shape index (κ2) is 9.52. The fraction of sp³-hybridized carbons (Fsp3) is 0.667. The molecule has 5 heterocycles. The van der Waals surface area contributed by atoms with Crippen molar-refractivity contribution in [1.82, 2.24) is 25.0 Å². The number of likely N-dealkylation sites (N-methyl/N-ethyl adjacent to an activating group) is 1. The molecule has 10 nitrogen and oxygen atoms in total. The van der Waals surface area contributed by atoms with Gasteiger partial charge < -0.3 is 25.2 Å². The summed E-state index contributed by atoms with van der Waals surface area (Å²) in [6.07, 6.45) is 5.55. The summed E-state index contributed by atoms with van der Waals surface area (Å²) in [6.45, 7) is 10.6. The third-order valence-electron chi connectivity index (χ3n) is 11.5. The van der Waals surface area contributed by atoms with E-state index in [1.165, 1.54) is 21.4 Å². The number of H-pyrrole nitrogens is 1. The number of aromatic nitrogens is 1. The van der Waals surface area contributed by atoms with Gasteiger partial charge in [0.25, 0.3) is 11.8 Å². The predicted octanol–water partition coefficient (Wildman–Crippen LogP) is 2.91. The molecule has 3 N–H and O–H groups in total. The van der Waals surface area contributed by atoms with Gasteiger partial charge in [0.2, 0.25) is 17.5 Å². The molecule has 43 heavy (non-hydrogen) atoms.